The average Bonchev–Trinajstić information content (AvgIpc) is 3.26. The van der Waals surface area contributed by atoms with Crippen LogP contribution >= 0.6 is 11.8 Å². The second-order valence-electron chi connectivity index (χ2n) is 6.84. The molecule has 11 heteroatoms. The van der Waals surface area contributed by atoms with Crippen molar-refractivity contribution in [3.8, 4) is 17.2 Å². The summed E-state index contributed by atoms with van der Waals surface area (Å²) in [4.78, 5) is 25.1. The molecular weight excluding hydrogens is 449 g/mol. The molecule has 2 aromatic carbocycles. The van der Waals surface area contributed by atoms with Gasteiger partial charge in [-0.2, -0.15) is 0 Å². The van der Waals surface area contributed by atoms with Gasteiger partial charge in [-0.25, -0.2) is 4.39 Å². The first-order valence-corrected chi connectivity index (χ1v) is 10.8. The predicted molar refractivity (Wildman–Crippen MR) is 121 cm³/mol. The number of rotatable bonds is 8. The quantitative estimate of drug-likeness (QED) is 0.396. The fraction of sp³-hybridized carbons (Fsp3) is 0.182. The lowest BCUT2D eigenvalue weighted by Gasteiger charge is -2.13. The van der Waals surface area contributed by atoms with Crippen LogP contribution in [0.2, 0.25) is 0 Å². The Morgan fingerprint density at radius 1 is 1.09 bits per heavy atom. The molecule has 4 rings (SSSR count). The van der Waals surface area contributed by atoms with Crippen LogP contribution in [-0.2, 0) is 11.3 Å². The van der Waals surface area contributed by atoms with Gasteiger partial charge in [-0.1, -0.05) is 23.9 Å². The second kappa shape index (κ2) is 9.74. The number of hydrogen-bond donors (Lipinski definition) is 1. The van der Waals surface area contributed by atoms with Crippen molar-refractivity contribution >= 4 is 23.3 Å². The topological polar surface area (TPSA) is 99.8 Å². The van der Waals surface area contributed by atoms with Crippen molar-refractivity contribution in [3.63, 3.8) is 0 Å². The van der Waals surface area contributed by atoms with E-state index in [-0.39, 0.29) is 23.9 Å². The van der Waals surface area contributed by atoms with Gasteiger partial charge in [0.25, 0.3) is 0 Å². The highest BCUT2D eigenvalue weighted by Crippen LogP contribution is 2.30. The highest BCUT2D eigenvalue weighted by Gasteiger charge is 2.15. The third-order valence-electron chi connectivity index (χ3n) is 4.84. The van der Waals surface area contributed by atoms with Crippen LogP contribution in [0.25, 0.3) is 11.3 Å². The summed E-state index contributed by atoms with van der Waals surface area (Å²) in [5.41, 5.74) is 0.988. The summed E-state index contributed by atoms with van der Waals surface area (Å²) in [6.07, 6.45) is 3.17. The van der Waals surface area contributed by atoms with E-state index < -0.39 is 11.4 Å². The molecule has 0 aliphatic carbocycles. The smallest absolute Gasteiger partial charge is 0.300 e. The molecule has 2 aromatic heterocycles. The standard InChI is InChI=1S/C22H20FN5O4S/c1-31-17-5-3-4-14(19(17)32-2)12-24-18(29)13-33-22-26-25-20-21(30)27(10-11-28(20)22)16-8-6-15(23)7-9-16/h3-11H,12-13H2,1-2H3,(H,24,29). The van der Waals surface area contributed by atoms with Gasteiger partial charge in [0, 0.05) is 30.2 Å². The Hall–Kier alpha value is -3.86. The number of ether oxygens (including phenoxy) is 2. The lowest BCUT2D eigenvalue weighted by molar-refractivity contribution is -0.118. The molecule has 1 N–H and O–H groups in total. The van der Waals surface area contributed by atoms with E-state index in [1.807, 2.05) is 12.1 Å². The minimum atomic E-state index is -0.405. The monoisotopic (exact) mass is 469 g/mol. The normalized spacial score (nSPS) is 10.9. The lowest BCUT2D eigenvalue weighted by atomic mass is 10.2. The van der Waals surface area contributed by atoms with Crippen LogP contribution in [-0.4, -0.2) is 45.0 Å². The number of carbonyl (C=O) groups is 1. The Balaban J connectivity index is 1.44. The van der Waals surface area contributed by atoms with Gasteiger partial charge in [-0.05, 0) is 30.3 Å². The maximum atomic E-state index is 13.2. The molecule has 0 spiro atoms. The molecule has 9 nitrogen and oxygen atoms in total. The number of methoxy groups -OCH3 is 2. The van der Waals surface area contributed by atoms with Crippen molar-refractivity contribution in [1.29, 1.82) is 0 Å². The molecule has 0 bridgehead atoms. The number of nitrogens with zero attached hydrogens (tertiary/aromatic N) is 4. The zero-order chi connectivity index (χ0) is 23.4. The number of hydrogen-bond acceptors (Lipinski definition) is 7. The van der Waals surface area contributed by atoms with Crippen LogP contribution in [0, 0.1) is 5.82 Å². The van der Waals surface area contributed by atoms with E-state index in [1.54, 1.807) is 32.7 Å². The molecule has 0 aliphatic rings. The second-order valence-corrected chi connectivity index (χ2v) is 7.79. The summed E-state index contributed by atoms with van der Waals surface area (Å²) in [6.45, 7) is 0.267. The van der Waals surface area contributed by atoms with Crippen LogP contribution in [0.4, 0.5) is 4.39 Å². The third kappa shape index (κ3) is 4.67. The van der Waals surface area contributed by atoms with Crippen LogP contribution in [0.1, 0.15) is 5.56 Å². The van der Waals surface area contributed by atoms with E-state index in [4.69, 9.17) is 9.47 Å². The highest BCUT2D eigenvalue weighted by molar-refractivity contribution is 7.99. The van der Waals surface area contributed by atoms with Crippen molar-refractivity contribution in [1.82, 2.24) is 24.5 Å². The van der Waals surface area contributed by atoms with Crippen molar-refractivity contribution < 1.29 is 18.7 Å². The van der Waals surface area contributed by atoms with Gasteiger partial charge in [0.1, 0.15) is 5.82 Å². The van der Waals surface area contributed by atoms with Crippen LogP contribution in [0.5, 0.6) is 11.5 Å². The highest BCUT2D eigenvalue weighted by atomic mass is 32.2. The van der Waals surface area contributed by atoms with Crippen molar-refractivity contribution in [2.24, 2.45) is 0 Å². The molecular formula is C22H20FN5O4S. The van der Waals surface area contributed by atoms with Crippen molar-refractivity contribution in [2.75, 3.05) is 20.0 Å². The summed E-state index contributed by atoms with van der Waals surface area (Å²) < 4.78 is 26.7. The minimum Gasteiger partial charge on any atom is -0.493 e. The number of amides is 1. The van der Waals surface area contributed by atoms with Gasteiger partial charge in [0.2, 0.25) is 11.6 Å². The molecule has 2 heterocycles. The van der Waals surface area contributed by atoms with Crippen LogP contribution in [0.3, 0.4) is 0 Å². The first-order valence-electron chi connectivity index (χ1n) is 9.83. The van der Waals surface area contributed by atoms with Gasteiger partial charge in [0.15, 0.2) is 16.7 Å². The molecule has 170 valence electrons. The zero-order valence-corrected chi connectivity index (χ0v) is 18.6. The number of para-hydroxylation sites is 1. The molecule has 0 fully saturated rings. The Bertz CT molecular complexity index is 1350. The molecule has 0 saturated carbocycles. The first kappa shape index (κ1) is 22.3. The van der Waals surface area contributed by atoms with Gasteiger partial charge in [-0.15, -0.1) is 10.2 Å². The van der Waals surface area contributed by atoms with Crippen LogP contribution < -0.4 is 20.3 Å². The van der Waals surface area contributed by atoms with E-state index in [0.29, 0.717) is 22.3 Å². The fourth-order valence-electron chi connectivity index (χ4n) is 3.24. The minimum absolute atomic E-state index is 0.0775. The first-order chi connectivity index (χ1) is 16.0. The van der Waals surface area contributed by atoms with Crippen LogP contribution in [0.15, 0.2) is 64.8 Å². The molecule has 0 saturated heterocycles. The Labute approximate surface area is 192 Å². The number of halogens is 1. The van der Waals surface area contributed by atoms with Crippen molar-refractivity contribution in [3.05, 3.63) is 76.6 Å². The zero-order valence-electron chi connectivity index (χ0n) is 17.8. The average molecular weight is 469 g/mol. The van der Waals surface area contributed by atoms with E-state index in [0.717, 1.165) is 17.3 Å². The number of carbonyl (C=O) groups excluding carboxylic acids is 1. The largest absolute Gasteiger partial charge is 0.493 e. The Morgan fingerprint density at radius 3 is 2.61 bits per heavy atom. The fourth-order valence-corrected chi connectivity index (χ4v) is 3.98. The summed E-state index contributed by atoms with van der Waals surface area (Å²) in [7, 11) is 3.09. The number of thioether (sulfide) groups is 1. The predicted octanol–water partition coefficient (Wildman–Crippen LogP) is 2.45. The maximum absolute atomic E-state index is 13.2. The number of aromatic nitrogens is 4. The molecule has 0 radical (unpaired) electrons. The lowest BCUT2D eigenvalue weighted by Crippen LogP contribution is -2.25. The number of benzene rings is 2. The molecule has 0 unspecified atom stereocenters. The van der Waals surface area contributed by atoms with Gasteiger partial charge < -0.3 is 14.8 Å². The molecule has 4 aromatic rings. The SMILES string of the molecule is COc1cccc(CNC(=O)CSc2nnc3c(=O)n(-c4ccc(F)cc4)ccn23)c1OC. The van der Waals surface area contributed by atoms with E-state index in [1.165, 1.54) is 33.2 Å². The third-order valence-corrected chi connectivity index (χ3v) is 5.78. The number of nitrogens with one attached hydrogen (secondary N) is 1. The summed E-state index contributed by atoms with van der Waals surface area (Å²) in [5.74, 6) is 0.612. The Kier molecular flexibility index (Phi) is 6.59. The molecule has 33 heavy (non-hydrogen) atoms. The maximum Gasteiger partial charge on any atom is 0.300 e. The Morgan fingerprint density at radius 2 is 1.88 bits per heavy atom. The van der Waals surface area contributed by atoms with Crippen molar-refractivity contribution in [2.45, 2.75) is 11.7 Å². The van der Waals surface area contributed by atoms with E-state index in [2.05, 4.69) is 15.5 Å². The van der Waals surface area contributed by atoms with Gasteiger partial charge in [0.05, 0.1) is 20.0 Å². The summed E-state index contributed by atoms with van der Waals surface area (Å²) in [5, 5.41) is 11.2. The molecule has 0 atom stereocenters. The van der Waals surface area contributed by atoms with Gasteiger partial charge >= 0.3 is 5.56 Å². The number of fused-ring (bicyclic) bond motifs is 1. The summed E-state index contributed by atoms with van der Waals surface area (Å²) >= 11 is 1.15. The van der Waals surface area contributed by atoms with E-state index >= 15 is 0 Å². The molecule has 1 amide bonds. The molecule has 0 aliphatic heterocycles. The van der Waals surface area contributed by atoms with Gasteiger partial charge in [-0.3, -0.25) is 18.6 Å². The van der Waals surface area contributed by atoms with E-state index in [9.17, 15) is 14.0 Å². The summed E-state index contributed by atoms with van der Waals surface area (Å²) in [6, 6.07) is 11.0.